The third kappa shape index (κ3) is 4.22. The minimum absolute atomic E-state index is 0.546. The van der Waals surface area contributed by atoms with Crippen LogP contribution in [0.25, 0.3) is 0 Å². The number of hydrogen-bond donors (Lipinski definition) is 1. The van der Waals surface area contributed by atoms with Crippen LogP contribution in [0.15, 0.2) is 46.9 Å². The molecule has 1 aliphatic carbocycles. The van der Waals surface area contributed by atoms with Gasteiger partial charge in [0.2, 0.25) is 0 Å². The van der Waals surface area contributed by atoms with Crippen LogP contribution >= 0.6 is 27.5 Å². The molecule has 0 spiro atoms. The molecular formula is C17H17BrClNO. The van der Waals surface area contributed by atoms with Crippen molar-refractivity contribution in [1.82, 2.24) is 5.32 Å². The Morgan fingerprint density at radius 1 is 1.14 bits per heavy atom. The summed E-state index contributed by atoms with van der Waals surface area (Å²) < 4.78 is 7.03. The van der Waals surface area contributed by atoms with Crippen LogP contribution in [0.1, 0.15) is 24.0 Å². The average Bonchev–Trinajstić information content (AvgIpc) is 3.30. The lowest BCUT2D eigenvalue weighted by atomic mass is 10.2. The Hall–Kier alpha value is -1.03. The normalized spacial score (nSPS) is 14.2. The molecule has 0 unspecified atom stereocenters. The molecule has 4 heteroatoms. The third-order valence-corrected chi connectivity index (χ3v) is 4.41. The summed E-state index contributed by atoms with van der Waals surface area (Å²) in [4.78, 5) is 0. The van der Waals surface area contributed by atoms with Crippen molar-refractivity contribution in [3.8, 4) is 5.75 Å². The summed E-state index contributed by atoms with van der Waals surface area (Å²) in [5.74, 6) is 0.860. The van der Waals surface area contributed by atoms with Crippen molar-refractivity contribution in [2.75, 3.05) is 0 Å². The molecule has 1 N–H and O–H groups in total. The molecule has 0 aliphatic heterocycles. The quantitative estimate of drug-likeness (QED) is 0.782. The minimum atomic E-state index is 0.546. The molecule has 21 heavy (non-hydrogen) atoms. The van der Waals surface area contributed by atoms with Gasteiger partial charge in [-0.15, -0.1) is 0 Å². The van der Waals surface area contributed by atoms with E-state index in [1.807, 2.05) is 30.3 Å². The maximum Gasteiger partial charge on any atom is 0.125 e. The lowest BCUT2D eigenvalue weighted by molar-refractivity contribution is 0.302. The van der Waals surface area contributed by atoms with Gasteiger partial charge in [0.15, 0.2) is 0 Å². The summed E-state index contributed by atoms with van der Waals surface area (Å²) in [5.41, 5.74) is 2.18. The van der Waals surface area contributed by atoms with Gasteiger partial charge in [0.1, 0.15) is 12.4 Å². The van der Waals surface area contributed by atoms with Crippen LogP contribution in [-0.2, 0) is 13.2 Å². The highest BCUT2D eigenvalue weighted by Gasteiger charge is 2.21. The predicted molar refractivity (Wildman–Crippen MR) is 89.8 cm³/mol. The zero-order valence-corrected chi connectivity index (χ0v) is 14.0. The molecule has 2 aromatic carbocycles. The Balaban J connectivity index is 1.68. The van der Waals surface area contributed by atoms with E-state index in [9.17, 15) is 0 Å². The topological polar surface area (TPSA) is 21.3 Å². The molecule has 1 aliphatic rings. The van der Waals surface area contributed by atoms with Gasteiger partial charge in [0, 0.05) is 27.6 Å². The summed E-state index contributed by atoms with van der Waals surface area (Å²) in [6, 6.07) is 14.6. The summed E-state index contributed by atoms with van der Waals surface area (Å²) in [6.07, 6.45) is 2.53. The maximum atomic E-state index is 6.31. The van der Waals surface area contributed by atoms with E-state index in [4.69, 9.17) is 16.3 Å². The molecule has 0 bridgehead atoms. The van der Waals surface area contributed by atoms with Crippen LogP contribution in [0, 0.1) is 0 Å². The monoisotopic (exact) mass is 365 g/mol. The Morgan fingerprint density at radius 2 is 1.90 bits per heavy atom. The fourth-order valence-corrected chi connectivity index (χ4v) is 2.62. The minimum Gasteiger partial charge on any atom is -0.489 e. The summed E-state index contributed by atoms with van der Waals surface area (Å²) in [5, 5.41) is 4.25. The van der Waals surface area contributed by atoms with Crippen LogP contribution in [0.3, 0.4) is 0 Å². The van der Waals surface area contributed by atoms with Crippen LogP contribution in [0.4, 0.5) is 0 Å². The highest BCUT2D eigenvalue weighted by atomic mass is 79.9. The standard InChI is InChI=1S/C17H17BrClNO/c18-13-6-4-12(5-7-13)11-21-17-3-1-2-16(19)15(17)10-20-14-8-9-14/h1-7,14,20H,8-11H2. The zero-order valence-electron chi connectivity index (χ0n) is 11.6. The van der Waals surface area contributed by atoms with Gasteiger partial charge < -0.3 is 10.1 Å². The smallest absolute Gasteiger partial charge is 0.125 e. The van der Waals surface area contributed by atoms with E-state index >= 15 is 0 Å². The lowest BCUT2D eigenvalue weighted by Crippen LogP contribution is -2.16. The van der Waals surface area contributed by atoms with Crippen molar-refractivity contribution >= 4 is 27.5 Å². The fraction of sp³-hybridized carbons (Fsp3) is 0.294. The Labute approximate surface area is 138 Å². The maximum absolute atomic E-state index is 6.31. The molecule has 0 saturated heterocycles. The Bertz CT molecular complexity index is 611. The van der Waals surface area contributed by atoms with Crippen molar-refractivity contribution in [2.45, 2.75) is 32.0 Å². The number of hydrogen-bond acceptors (Lipinski definition) is 2. The van der Waals surface area contributed by atoms with Gasteiger partial charge in [-0.3, -0.25) is 0 Å². The second-order valence-corrected chi connectivity index (χ2v) is 6.61. The molecule has 1 fully saturated rings. The first-order chi connectivity index (χ1) is 10.2. The molecule has 0 heterocycles. The molecule has 1 saturated carbocycles. The highest BCUT2D eigenvalue weighted by Crippen LogP contribution is 2.29. The lowest BCUT2D eigenvalue weighted by Gasteiger charge is -2.13. The molecule has 2 nitrogen and oxygen atoms in total. The number of nitrogens with one attached hydrogen (secondary N) is 1. The van der Waals surface area contributed by atoms with Gasteiger partial charge >= 0.3 is 0 Å². The zero-order chi connectivity index (χ0) is 14.7. The second kappa shape index (κ2) is 6.82. The van der Waals surface area contributed by atoms with Gasteiger partial charge in [-0.1, -0.05) is 45.7 Å². The first-order valence-corrected chi connectivity index (χ1v) is 8.27. The first-order valence-electron chi connectivity index (χ1n) is 7.10. The molecule has 0 amide bonds. The molecule has 3 rings (SSSR count). The SMILES string of the molecule is Clc1cccc(OCc2ccc(Br)cc2)c1CNC1CC1. The first kappa shape index (κ1) is 14.9. The predicted octanol–water partition coefficient (Wildman–Crippen LogP) is 4.93. The number of halogens is 2. The summed E-state index contributed by atoms with van der Waals surface area (Å²) >= 11 is 9.75. The van der Waals surface area contributed by atoms with Crippen LogP contribution in [0.2, 0.25) is 5.02 Å². The fourth-order valence-electron chi connectivity index (χ4n) is 2.12. The molecule has 2 aromatic rings. The molecule has 0 atom stereocenters. The number of benzene rings is 2. The van der Waals surface area contributed by atoms with Gasteiger partial charge in [-0.05, 0) is 42.7 Å². The van der Waals surface area contributed by atoms with Crippen LogP contribution in [-0.4, -0.2) is 6.04 Å². The van der Waals surface area contributed by atoms with E-state index in [-0.39, 0.29) is 0 Å². The Kier molecular flexibility index (Phi) is 4.84. The largest absolute Gasteiger partial charge is 0.489 e. The van der Waals surface area contributed by atoms with E-state index in [0.717, 1.165) is 32.9 Å². The molecular weight excluding hydrogens is 350 g/mol. The van der Waals surface area contributed by atoms with E-state index < -0.39 is 0 Å². The van der Waals surface area contributed by atoms with Crippen molar-refractivity contribution in [3.05, 3.63) is 63.1 Å². The van der Waals surface area contributed by atoms with Gasteiger partial charge in [-0.2, -0.15) is 0 Å². The summed E-state index contributed by atoms with van der Waals surface area (Å²) in [6.45, 7) is 1.31. The number of rotatable bonds is 6. The van der Waals surface area contributed by atoms with E-state index in [0.29, 0.717) is 12.6 Å². The van der Waals surface area contributed by atoms with Crippen molar-refractivity contribution in [3.63, 3.8) is 0 Å². The van der Waals surface area contributed by atoms with Crippen molar-refractivity contribution in [2.24, 2.45) is 0 Å². The molecule has 0 radical (unpaired) electrons. The van der Waals surface area contributed by atoms with Crippen LogP contribution < -0.4 is 10.1 Å². The summed E-state index contributed by atoms with van der Waals surface area (Å²) in [7, 11) is 0. The molecule has 110 valence electrons. The van der Waals surface area contributed by atoms with E-state index in [2.05, 4.69) is 33.4 Å². The van der Waals surface area contributed by atoms with Crippen LogP contribution in [0.5, 0.6) is 5.75 Å². The van der Waals surface area contributed by atoms with E-state index in [1.165, 1.54) is 12.8 Å². The average molecular weight is 367 g/mol. The van der Waals surface area contributed by atoms with Crippen molar-refractivity contribution in [1.29, 1.82) is 0 Å². The third-order valence-electron chi connectivity index (χ3n) is 3.53. The highest BCUT2D eigenvalue weighted by molar-refractivity contribution is 9.10. The van der Waals surface area contributed by atoms with Gasteiger partial charge in [-0.25, -0.2) is 0 Å². The van der Waals surface area contributed by atoms with Gasteiger partial charge in [0.25, 0.3) is 0 Å². The van der Waals surface area contributed by atoms with Gasteiger partial charge in [0.05, 0.1) is 0 Å². The Morgan fingerprint density at radius 3 is 2.62 bits per heavy atom. The molecule has 0 aromatic heterocycles. The second-order valence-electron chi connectivity index (χ2n) is 5.29. The van der Waals surface area contributed by atoms with Crippen molar-refractivity contribution < 1.29 is 4.74 Å². The number of ether oxygens (including phenoxy) is 1. The van der Waals surface area contributed by atoms with E-state index in [1.54, 1.807) is 0 Å².